The van der Waals surface area contributed by atoms with E-state index >= 15 is 0 Å². The molecule has 2 N–H and O–H groups in total. The van der Waals surface area contributed by atoms with Crippen LogP contribution in [0.15, 0.2) is 48.5 Å². The zero-order valence-corrected chi connectivity index (χ0v) is 14.3. The Balaban J connectivity index is 1.93. The van der Waals surface area contributed by atoms with Crippen LogP contribution in [0.2, 0.25) is 0 Å². The zero-order chi connectivity index (χ0) is 18.1. The molecule has 0 aliphatic carbocycles. The predicted octanol–water partition coefficient (Wildman–Crippen LogP) is 4.16. The second-order valence-electron chi connectivity index (χ2n) is 5.92. The number of hydrogen-bond acceptors (Lipinski definition) is 3. The molecule has 0 saturated carbocycles. The lowest BCUT2D eigenvalue weighted by Gasteiger charge is -2.13. The number of ether oxygens (including phenoxy) is 1. The maximum absolute atomic E-state index is 12.1. The quantitative estimate of drug-likeness (QED) is 0.672. The summed E-state index contributed by atoms with van der Waals surface area (Å²) in [6.45, 7) is 2.39. The monoisotopic (exact) mass is 341 g/mol. The molecule has 5 nitrogen and oxygen atoms in total. The maximum Gasteiger partial charge on any atom is 0.303 e. The third-order valence-corrected chi connectivity index (χ3v) is 3.69. The van der Waals surface area contributed by atoms with E-state index in [1.54, 1.807) is 0 Å². The topological polar surface area (TPSA) is 75.6 Å². The smallest absolute Gasteiger partial charge is 0.303 e. The summed E-state index contributed by atoms with van der Waals surface area (Å²) in [7, 11) is 0. The predicted molar refractivity (Wildman–Crippen MR) is 96.7 cm³/mol. The molecule has 0 radical (unpaired) electrons. The minimum absolute atomic E-state index is 0.0866. The molecule has 0 atom stereocenters. The number of amides is 1. The van der Waals surface area contributed by atoms with Crippen molar-refractivity contribution >= 4 is 17.6 Å². The van der Waals surface area contributed by atoms with E-state index < -0.39 is 5.97 Å². The van der Waals surface area contributed by atoms with E-state index in [0.717, 1.165) is 11.1 Å². The summed E-state index contributed by atoms with van der Waals surface area (Å²) in [6.07, 6.45) is 1.42. The Morgan fingerprint density at radius 3 is 2.48 bits per heavy atom. The van der Waals surface area contributed by atoms with Crippen molar-refractivity contribution in [1.29, 1.82) is 0 Å². The van der Waals surface area contributed by atoms with E-state index in [2.05, 4.69) is 5.32 Å². The minimum Gasteiger partial charge on any atom is -0.487 e. The van der Waals surface area contributed by atoms with Crippen LogP contribution >= 0.6 is 0 Å². The molecule has 2 aromatic carbocycles. The van der Waals surface area contributed by atoms with Crippen LogP contribution in [0.5, 0.6) is 5.75 Å². The molecular formula is C20H23NO4. The molecule has 2 rings (SSSR count). The second-order valence-corrected chi connectivity index (χ2v) is 5.92. The van der Waals surface area contributed by atoms with Gasteiger partial charge in [0.15, 0.2) is 0 Å². The van der Waals surface area contributed by atoms with Gasteiger partial charge < -0.3 is 15.2 Å². The van der Waals surface area contributed by atoms with E-state index in [4.69, 9.17) is 9.84 Å². The summed E-state index contributed by atoms with van der Waals surface area (Å²) < 4.78 is 5.87. The van der Waals surface area contributed by atoms with Crippen molar-refractivity contribution in [2.75, 3.05) is 5.32 Å². The third kappa shape index (κ3) is 6.67. The fraction of sp³-hybridized carbons (Fsp3) is 0.300. The molecule has 5 heteroatoms. The highest BCUT2D eigenvalue weighted by molar-refractivity contribution is 5.92. The number of carbonyl (C=O) groups is 2. The zero-order valence-electron chi connectivity index (χ0n) is 14.3. The van der Waals surface area contributed by atoms with Gasteiger partial charge in [-0.15, -0.1) is 0 Å². The Morgan fingerprint density at radius 2 is 1.76 bits per heavy atom. The van der Waals surface area contributed by atoms with Gasteiger partial charge in [-0.05, 0) is 43.0 Å². The Kier molecular flexibility index (Phi) is 7.01. The molecule has 0 heterocycles. The van der Waals surface area contributed by atoms with Crippen molar-refractivity contribution in [3.63, 3.8) is 0 Å². The van der Waals surface area contributed by atoms with E-state index in [1.165, 1.54) is 0 Å². The van der Waals surface area contributed by atoms with Gasteiger partial charge in [0.05, 0.1) is 5.69 Å². The number of unbranched alkanes of at least 4 members (excludes halogenated alkanes) is 1. The van der Waals surface area contributed by atoms with Crippen LogP contribution in [-0.4, -0.2) is 17.0 Å². The van der Waals surface area contributed by atoms with Crippen LogP contribution in [0.1, 0.15) is 36.8 Å². The van der Waals surface area contributed by atoms with E-state index in [0.29, 0.717) is 37.3 Å². The van der Waals surface area contributed by atoms with E-state index in [-0.39, 0.29) is 12.3 Å². The lowest BCUT2D eigenvalue weighted by Crippen LogP contribution is -2.12. The molecule has 0 bridgehead atoms. The van der Waals surface area contributed by atoms with Crippen molar-refractivity contribution in [1.82, 2.24) is 0 Å². The maximum atomic E-state index is 12.1. The van der Waals surface area contributed by atoms with Gasteiger partial charge in [-0.2, -0.15) is 0 Å². The Hall–Kier alpha value is -2.82. The minimum atomic E-state index is -0.837. The fourth-order valence-corrected chi connectivity index (χ4v) is 2.36. The molecule has 0 aliphatic rings. The van der Waals surface area contributed by atoms with Crippen molar-refractivity contribution < 1.29 is 19.4 Å². The lowest BCUT2D eigenvalue weighted by atomic mass is 10.1. The summed E-state index contributed by atoms with van der Waals surface area (Å²) in [5.41, 5.74) is 2.72. The molecule has 25 heavy (non-hydrogen) atoms. The van der Waals surface area contributed by atoms with Crippen LogP contribution in [0, 0.1) is 6.92 Å². The van der Waals surface area contributed by atoms with Gasteiger partial charge in [-0.1, -0.05) is 36.4 Å². The van der Waals surface area contributed by atoms with Gasteiger partial charge in [-0.3, -0.25) is 9.59 Å². The molecule has 0 saturated heterocycles. The third-order valence-electron chi connectivity index (χ3n) is 3.69. The van der Waals surface area contributed by atoms with Crippen LogP contribution in [-0.2, 0) is 16.2 Å². The number of nitrogens with one attached hydrogen (secondary N) is 1. The standard InChI is InChI=1S/C20H23NO4/c1-15-11-12-17(21-19(22)9-5-6-10-20(23)24)18(13-15)25-14-16-7-3-2-4-8-16/h2-4,7-8,11-13H,5-6,9-10,14H2,1H3,(H,21,22)(H,23,24). The number of benzene rings is 2. The highest BCUT2D eigenvalue weighted by Crippen LogP contribution is 2.27. The molecule has 1 amide bonds. The van der Waals surface area contributed by atoms with Crippen molar-refractivity contribution in [2.45, 2.75) is 39.2 Å². The largest absolute Gasteiger partial charge is 0.487 e. The van der Waals surface area contributed by atoms with Crippen molar-refractivity contribution in [3.8, 4) is 5.75 Å². The fourth-order valence-electron chi connectivity index (χ4n) is 2.36. The van der Waals surface area contributed by atoms with Crippen LogP contribution in [0.4, 0.5) is 5.69 Å². The molecule has 132 valence electrons. The number of carboxylic acids is 1. The van der Waals surface area contributed by atoms with Gasteiger partial charge >= 0.3 is 5.97 Å². The lowest BCUT2D eigenvalue weighted by molar-refractivity contribution is -0.137. The first kappa shape index (κ1) is 18.5. The van der Waals surface area contributed by atoms with Gasteiger partial charge in [0.1, 0.15) is 12.4 Å². The Labute approximate surface area is 147 Å². The number of rotatable bonds is 9. The molecule has 0 aromatic heterocycles. The van der Waals surface area contributed by atoms with Gasteiger partial charge in [-0.25, -0.2) is 0 Å². The summed E-state index contributed by atoms with van der Waals surface area (Å²) in [5.74, 6) is -0.350. The van der Waals surface area contributed by atoms with Gasteiger partial charge in [0.25, 0.3) is 0 Å². The molecule has 2 aromatic rings. The second kappa shape index (κ2) is 9.47. The first-order valence-corrected chi connectivity index (χ1v) is 8.33. The van der Waals surface area contributed by atoms with Crippen LogP contribution in [0.25, 0.3) is 0 Å². The number of aryl methyl sites for hydroxylation is 1. The molecular weight excluding hydrogens is 318 g/mol. The highest BCUT2D eigenvalue weighted by atomic mass is 16.5. The summed E-state index contributed by atoms with van der Waals surface area (Å²) in [4.78, 5) is 22.5. The first-order valence-electron chi connectivity index (χ1n) is 8.33. The normalized spacial score (nSPS) is 10.3. The molecule has 0 fully saturated rings. The average molecular weight is 341 g/mol. The molecule has 0 spiro atoms. The van der Waals surface area contributed by atoms with Crippen molar-refractivity contribution in [3.05, 3.63) is 59.7 Å². The van der Waals surface area contributed by atoms with Crippen LogP contribution < -0.4 is 10.1 Å². The average Bonchev–Trinajstić information content (AvgIpc) is 2.59. The molecule has 0 unspecified atom stereocenters. The number of carbonyl (C=O) groups excluding carboxylic acids is 1. The SMILES string of the molecule is Cc1ccc(NC(=O)CCCCC(=O)O)c(OCc2ccccc2)c1. The van der Waals surface area contributed by atoms with Crippen molar-refractivity contribution in [2.24, 2.45) is 0 Å². The Morgan fingerprint density at radius 1 is 1.04 bits per heavy atom. The van der Waals surface area contributed by atoms with E-state index in [9.17, 15) is 9.59 Å². The highest BCUT2D eigenvalue weighted by Gasteiger charge is 2.09. The number of anilines is 1. The van der Waals surface area contributed by atoms with Gasteiger partial charge in [0, 0.05) is 12.8 Å². The summed E-state index contributed by atoms with van der Waals surface area (Å²) in [5, 5.41) is 11.5. The number of hydrogen-bond donors (Lipinski definition) is 2. The summed E-state index contributed by atoms with van der Waals surface area (Å²) >= 11 is 0. The number of aliphatic carboxylic acids is 1. The Bertz CT molecular complexity index is 713. The first-order chi connectivity index (χ1) is 12.0. The summed E-state index contributed by atoms with van der Waals surface area (Å²) in [6, 6.07) is 15.5. The van der Waals surface area contributed by atoms with Gasteiger partial charge in [0.2, 0.25) is 5.91 Å². The van der Waals surface area contributed by atoms with E-state index in [1.807, 2.05) is 55.5 Å². The molecule has 0 aliphatic heterocycles. The number of carboxylic acid groups (broad SMARTS) is 1. The van der Waals surface area contributed by atoms with Crippen LogP contribution in [0.3, 0.4) is 0 Å².